The van der Waals surface area contributed by atoms with Crippen molar-refractivity contribution in [1.29, 1.82) is 0 Å². The van der Waals surface area contributed by atoms with Crippen LogP contribution in [0, 0.1) is 6.92 Å². The van der Waals surface area contributed by atoms with E-state index in [0.29, 0.717) is 5.56 Å². The lowest BCUT2D eigenvalue weighted by molar-refractivity contribution is -0.00294. The van der Waals surface area contributed by atoms with Crippen molar-refractivity contribution in [2.75, 3.05) is 0 Å². The second-order valence-electron chi connectivity index (χ2n) is 5.62. The first kappa shape index (κ1) is 15.2. The molecule has 3 nitrogen and oxygen atoms in total. The van der Waals surface area contributed by atoms with E-state index in [1.165, 1.54) is 0 Å². The van der Waals surface area contributed by atoms with Gasteiger partial charge in [-0.2, -0.15) is 0 Å². The molecule has 4 heteroatoms. The number of nitrogens with one attached hydrogen (secondary N) is 1. The third-order valence-electron chi connectivity index (χ3n) is 3.32. The van der Waals surface area contributed by atoms with Crippen molar-refractivity contribution in [3.8, 4) is 0 Å². The molecule has 0 heterocycles. The molecule has 0 atom stereocenters. The van der Waals surface area contributed by atoms with Gasteiger partial charge in [-0.05, 0) is 68.2 Å². The van der Waals surface area contributed by atoms with Crippen molar-refractivity contribution >= 4 is 21.8 Å². The van der Waals surface area contributed by atoms with E-state index in [4.69, 9.17) is 0 Å². The van der Waals surface area contributed by atoms with E-state index in [9.17, 15) is 9.90 Å². The van der Waals surface area contributed by atoms with Crippen LogP contribution in [0.1, 0.15) is 43.6 Å². The number of aryl methyl sites for hydroxylation is 1. The van der Waals surface area contributed by atoms with E-state index in [1.54, 1.807) is 33.8 Å². The summed E-state index contributed by atoms with van der Waals surface area (Å²) in [5, 5.41) is 12.9. The number of hydrogen-bond donors (Lipinski definition) is 2. The van der Waals surface area contributed by atoms with E-state index < -0.39 is 11.1 Å². The summed E-state index contributed by atoms with van der Waals surface area (Å²) in [6.07, 6.45) is 0. The van der Waals surface area contributed by atoms with Gasteiger partial charge in [-0.25, -0.2) is 0 Å². The van der Waals surface area contributed by atoms with Gasteiger partial charge in [0.15, 0.2) is 0 Å². The van der Waals surface area contributed by atoms with Crippen molar-refractivity contribution in [1.82, 2.24) is 5.32 Å². The number of hydrogen-bond acceptors (Lipinski definition) is 2. The zero-order valence-corrected chi connectivity index (χ0v) is 13.1. The highest BCUT2D eigenvalue weighted by Crippen LogP contribution is 2.23. The highest BCUT2D eigenvalue weighted by molar-refractivity contribution is 9.10. The summed E-state index contributed by atoms with van der Waals surface area (Å²) >= 11 is 3.38. The Hall–Kier alpha value is -0.870. The van der Waals surface area contributed by atoms with E-state index >= 15 is 0 Å². The highest BCUT2D eigenvalue weighted by atomic mass is 79.9. The van der Waals surface area contributed by atoms with Gasteiger partial charge in [0.25, 0.3) is 5.91 Å². The minimum absolute atomic E-state index is 0.200. The second-order valence-corrected chi connectivity index (χ2v) is 6.48. The van der Waals surface area contributed by atoms with E-state index in [0.717, 1.165) is 10.0 Å². The molecule has 1 aromatic rings. The van der Waals surface area contributed by atoms with Crippen LogP contribution in [0.5, 0.6) is 0 Å². The zero-order valence-electron chi connectivity index (χ0n) is 11.5. The molecule has 100 valence electrons. The van der Waals surface area contributed by atoms with E-state index in [2.05, 4.69) is 21.2 Å². The molecule has 0 saturated carbocycles. The molecule has 0 aromatic heterocycles. The van der Waals surface area contributed by atoms with Gasteiger partial charge >= 0.3 is 0 Å². The molecule has 0 bridgehead atoms. The van der Waals surface area contributed by atoms with Gasteiger partial charge in [-0.3, -0.25) is 4.79 Å². The maximum atomic E-state index is 12.2. The molecule has 1 rings (SSSR count). The number of amides is 1. The van der Waals surface area contributed by atoms with Crippen LogP contribution in [-0.2, 0) is 0 Å². The Bertz CT molecular complexity index is 461. The quantitative estimate of drug-likeness (QED) is 0.901. The van der Waals surface area contributed by atoms with Crippen LogP contribution < -0.4 is 5.32 Å². The molecule has 0 radical (unpaired) electrons. The number of halogens is 1. The number of carbonyl (C=O) groups is 1. The average Bonchev–Trinajstić information content (AvgIpc) is 2.14. The van der Waals surface area contributed by atoms with Crippen LogP contribution in [0.2, 0.25) is 0 Å². The molecule has 2 N–H and O–H groups in total. The van der Waals surface area contributed by atoms with Crippen molar-refractivity contribution in [3.05, 3.63) is 33.8 Å². The van der Waals surface area contributed by atoms with Gasteiger partial charge in [-0.1, -0.05) is 6.07 Å². The topological polar surface area (TPSA) is 49.3 Å². The second kappa shape index (κ2) is 5.02. The highest BCUT2D eigenvalue weighted by Gasteiger charge is 2.36. The van der Waals surface area contributed by atoms with Crippen LogP contribution in [-0.4, -0.2) is 22.2 Å². The maximum absolute atomic E-state index is 12.2. The van der Waals surface area contributed by atoms with Crippen molar-refractivity contribution in [2.24, 2.45) is 0 Å². The summed E-state index contributed by atoms with van der Waals surface area (Å²) in [4.78, 5) is 12.2. The van der Waals surface area contributed by atoms with Gasteiger partial charge in [0.1, 0.15) is 0 Å². The Morgan fingerprint density at radius 1 is 1.28 bits per heavy atom. The Morgan fingerprint density at radius 3 is 2.28 bits per heavy atom. The Kier molecular flexibility index (Phi) is 4.23. The maximum Gasteiger partial charge on any atom is 0.252 e. The fourth-order valence-electron chi connectivity index (χ4n) is 1.31. The molecular formula is C14H20BrNO2. The number of aliphatic hydroxyl groups is 1. The SMILES string of the molecule is Cc1ccc(C(=O)NC(C)(C)C(C)(C)O)c(Br)c1. The first-order chi connectivity index (χ1) is 8.04. The number of rotatable bonds is 3. The van der Waals surface area contributed by atoms with E-state index in [1.807, 2.05) is 19.1 Å². The molecule has 18 heavy (non-hydrogen) atoms. The van der Waals surface area contributed by atoms with Crippen LogP contribution in [0.4, 0.5) is 0 Å². The first-order valence-electron chi connectivity index (χ1n) is 5.85. The van der Waals surface area contributed by atoms with Gasteiger partial charge < -0.3 is 10.4 Å². The smallest absolute Gasteiger partial charge is 0.252 e. The molecule has 1 aromatic carbocycles. The molecule has 0 fully saturated rings. The first-order valence-corrected chi connectivity index (χ1v) is 6.65. The summed E-state index contributed by atoms with van der Waals surface area (Å²) in [5.41, 5.74) is -0.0630. The van der Waals surface area contributed by atoms with Crippen molar-refractivity contribution in [2.45, 2.75) is 45.8 Å². The van der Waals surface area contributed by atoms with Gasteiger partial charge in [0.05, 0.1) is 16.7 Å². The fourth-order valence-corrected chi connectivity index (χ4v) is 1.98. The van der Waals surface area contributed by atoms with Crippen LogP contribution in [0.25, 0.3) is 0 Å². The van der Waals surface area contributed by atoms with Gasteiger partial charge in [0, 0.05) is 4.47 Å². The van der Waals surface area contributed by atoms with Crippen molar-refractivity contribution in [3.63, 3.8) is 0 Å². The average molecular weight is 314 g/mol. The Balaban J connectivity index is 2.96. The number of benzene rings is 1. The van der Waals surface area contributed by atoms with Gasteiger partial charge in [-0.15, -0.1) is 0 Å². The standard InChI is InChI=1S/C14H20BrNO2/c1-9-6-7-10(11(15)8-9)12(17)16-13(2,3)14(4,5)18/h6-8,18H,1-5H3,(H,16,17). The normalized spacial score (nSPS) is 12.4. The predicted octanol–water partition coefficient (Wildman–Crippen LogP) is 3.04. The lowest BCUT2D eigenvalue weighted by Crippen LogP contribution is -2.57. The number of carbonyl (C=O) groups excluding carboxylic acids is 1. The van der Waals surface area contributed by atoms with Gasteiger partial charge in [0.2, 0.25) is 0 Å². The van der Waals surface area contributed by atoms with Crippen LogP contribution in [0.15, 0.2) is 22.7 Å². The summed E-state index contributed by atoms with van der Waals surface area (Å²) < 4.78 is 0.756. The summed E-state index contributed by atoms with van der Waals surface area (Å²) in [6, 6.07) is 5.55. The molecule has 0 unspecified atom stereocenters. The fraction of sp³-hybridized carbons (Fsp3) is 0.500. The minimum atomic E-state index is -1.00. The minimum Gasteiger partial charge on any atom is -0.388 e. The zero-order chi connectivity index (χ0) is 14.1. The monoisotopic (exact) mass is 313 g/mol. The van der Waals surface area contributed by atoms with Crippen LogP contribution in [0.3, 0.4) is 0 Å². The molecular weight excluding hydrogens is 294 g/mol. The third-order valence-corrected chi connectivity index (χ3v) is 3.98. The molecule has 1 amide bonds. The Morgan fingerprint density at radius 2 is 1.83 bits per heavy atom. The lowest BCUT2D eigenvalue weighted by atomic mass is 9.85. The molecule has 0 aliphatic heterocycles. The predicted molar refractivity (Wildman–Crippen MR) is 76.7 cm³/mol. The van der Waals surface area contributed by atoms with E-state index in [-0.39, 0.29) is 5.91 Å². The molecule has 0 aliphatic carbocycles. The van der Waals surface area contributed by atoms with Crippen molar-refractivity contribution < 1.29 is 9.90 Å². The molecule has 0 spiro atoms. The largest absolute Gasteiger partial charge is 0.388 e. The molecule has 0 aliphatic rings. The summed E-state index contributed by atoms with van der Waals surface area (Å²) in [5.74, 6) is -0.200. The lowest BCUT2D eigenvalue weighted by Gasteiger charge is -2.38. The molecule has 0 saturated heterocycles. The van der Waals surface area contributed by atoms with Crippen LogP contribution >= 0.6 is 15.9 Å². The third kappa shape index (κ3) is 3.33. The Labute approximate surface area is 117 Å². The summed E-state index contributed by atoms with van der Waals surface area (Å²) in [7, 11) is 0. The summed E-state index contributed by atoms with van der Waals surface area (Å²) in [6.45, 7) is 8.92.